The SMILES string of the molecule is Cc1[nH]nc(N)c1C=CCCNC(=O)OCc1ccccc1. The number of carbonyl (C=O) groups excluding carboxylic acids is 1. The lowest BCUT2D eigenvalue weighted by molar-refractivity contribution is 0.140. The van der Waals surface area contributed by atoms with Gasteiger partial charge in [-0.15, -0.1) is 0 Å². The molecule has 0 aliphatic carbocycles. The molecule has 0 bridgehead atoms. The molecule has 22 heavy (non-hydrogen) atoms. The topological polar surface area (TPSA) is 93.0 Å². The molecule has 1 aromatic carbocycles. The molecule has 4 N–H and O–H groups in total. The first-order valence-electron chi connectivity index (χ1n) is 7.08. The average molecular weight is 300 g/mol. The predicted octanol–water partition coefficient (Wildman–Crippen LogP) is 2.63. The molecular weight excluding hydrogens is 280 g/mol. The van der Waals surface area contributed by atoms with Crippen LogP contribution in [0, 0.1) is 6.92 Å². The predicted molar refractivity (Wildman–Crippen MR) is 86.0 cm³/mol. The van der Waals surface area contributed by atoms with Crippen molar-refractivity contribution in [2.24, 2.45) is 0 Å². The van der Waals surface area contributed by atoms with Gasteiger partial charge in [-0.25, -0.2) is 4.79 Å². The molecule has 6 nitrogen and oxygen atoms in total. The number of amides is 1. The summed E-state index contributed by atoms with van der Waals surface area (Å²) in [6.45, 7) is 2.68. The Morgan fingerprint density at radius 2 is 2.18 bits per heavy atom. The van der Waals surface area contributed by atoms with E-state index in [9.17, 15) is 4.79 Å². The molecule has 0 fully saturated rings. The fourth-order valence-corrected chi connectivity index (χ4v) is 1.90. The lowest BCUT2D eigenvalue weighted by Gasteiger charge is -2.05. The molecule has 0 radical (unpaired) electrons. The van der Waals surface area contributed by atoms with E-state index in [-0.39, 0.29) is 6.61 Å². The molecule has 0 atom stereocenters. The first kappa shape index (κ1) is 15.6. The number of aromatic amines is 1. The number of hydrogen-bond donors (Lipinski definition) is 3. The Morgan fingerprint density at radius 1 is 1.41 bits per heavy atom. The van der Waals surface area contributed by atoms with Gasteiger partial charge >= 0.3 is 6.09 Å². The van der Waals surface area contributed by atoms with Crippen LogP contribution in [0.25, 0.3) is 6.08 Å². The highest BCUT2D eigenvalue weighted by atomic mass is 16.5. The van der Waals surface area contributed by atoms with Gasteiger partial charge in [0.2, 0.25) is 0 Å². The summed E-state index contributed by atoms with van der Waals surface area (Å²) in [6, 6.07) is 9.56. The molecule has 1 heterocycles. The second-order valence-corrected chi connectivity index (χ2v) is 4.83. The minimum atomic E-state index is -0.420. The molecule has 6 heteroatoms. The zero-order valence-corrected chi connectivity index (χ0v) is 12.5. The first-order chi connectivity index (χ1) is 10.7. The van der Waals surface area contributed by atoms with E-state index in [2.05, 4.69) is 15.5 Å². The number of benzene rings is 1. The number of hydrogen-bond acceptors (Lipinski definition) is 4. The Balaban J connectivity index is 1.65. The summed E-state index contributed by atoms with van der Waals surface area (Å²) in [5.74, 6) is 0.476. The Hall–Kier alpha value is -2.76. The van der Waals surface area contributed by atoms with E-state index in [1.165, 1.54) is 0 Å². The summed E-state index contributed by atoms with van der Waals surface area (Å²) >= 11 is 0. The lowest BCUT2D eigenvalue weighted by atomic mass is 10.2. The molecule has 1 aromatic heterocycles. The minimum Gasteiger partial charge on any atom is -0.445 e. The molecule has 2 aromatic rings. The van der Waals surface area contributed by atoms with E-state index < -0.39 is 6.09 Å². The molecule has 116 valence electrons. The second-order valence-electron chi connectivity index (χ2n) is 4.83. The molecule has 2 rings (SSSR count). The largest absolute Gasteiger partial charge is 0.445 e. The van der Waals surface area contributed by atoms with Crippen LogP contribution in [0.1, 0.15) is 23.2 Å². The Labute approximate surface area is 129 Å². The van der Waals surface area contributed by atoms with Crippen molar-refractivity contribution in [1.82, 2.24) is 15.5 Å². The van der Waals surface area contributed by atoms with Crippen molar-refractivity contribution in [3.63, 3.8) is 0 Å². The van der Waals surface area contributed by atoms with Crippen LogP contribution in [-0.4, -0.2) is 22.8 Å². The van der Waals surface area contributed by atoms with E-state index in [1.54, 1.807) is 0 Å². The van der Waals surface area contributed by atoms with Gasteiger partial charge in [-0.1, -0.05) is 42.5 Å². The molecule has 1 amide bonds. The number of nitrogen functional groups attached to an aromatic ring is 1. The van der Waals surface area contributed by atoms with Gasteiger partial charge in [-0.3, -0.25) is 5.10 Å². The molecule has 0 saturated carbocycles. The van der Waals surface area contributed by atoms with Crippen LogP contribution >= 0.6 is 0 Å². The number of aryl methyl sites for hydroxylation is 1. The minimum absolute atomic E-state index is 0.271. The maximum absolute atomic E-state index is 11.5. The van der Waals surface area contributed by atoms with Crippen LogP contribution in [0.2, 0.25) is 0 Å². The van der Waals surface area contributed by atoms with E-state index in [0.717, 1.165) is 16.8 Å². The molecular formula is C16H20N4O2. The maximum atomic E-state index is 11.5. The van der Waals surface area contributed by atoms with E-state index in [1.807, 2.05) is 49.4 Å². The van der Waals surface area contributed by atoms with Gasteiger partial charge in [0.05, 0.1) is 0 Å². The third kappa shape index (κ3) is 4.66. The number of nitrogens with two attached hydrogens (primary N) is 1. The highest BCUT2D eigenvalue weighted by Gasteiger charge is 2.03. The summed E-state index contributed by atoms with van der Waals surface area (Å²) in [7, 11) is 0. The normalized spacial score (nSPS) is 10.8. The van der Waals surface area contributed by atoms with Crippen LogP contribution in [0.4, 0.5) is 10.6 Å². The van der Waals surface area contributed by atoms with Crippen LogP contribution in [0.3, 0.4) is 0 Å². The number of ether oxygens (including phenoxy) is 1. The van der Waals surface area contributed by atoms with Gasteiger partial charge in [-0.2, -0.15) is 5.10 Å². The number of carbonyl (C=O) groups is 1. The molecule has 0 aliphatic heterocycles. The fraction of sp³-hybridized carbons (Fsp3) is 0.250. The van der Waals surface area contributed by atoms with Gasteiger partial charge in [0.1, 0.15) is 6.61 Å². The fourth-order valence-electron chi connectivity index (χ4n) is 1.90. The summed E-state index contributed by atoms with van der Waals surface area (Å²) in [4.78, 5) is 11.5. The number of aromatic nitrogens is 2. The Morgan fingerprint density at radius 3 is 2.86 bits per heavy atom. The molecule has 0 spiro atoms. The summed E-state index contributed by atoms with van der Waals surface area (Å²) in [5, 5.41) is 9.42. The number of alkyl carbamates (subject to hydrolysis) is 1. The second kappa shape index (κ2) is 7.87. The Kier molecular flexibility index (Phi) is 5.59. The van der Waals surface area contributed by atoms with Gasteiger partial charge in [0.25, 0.3) is 0 Å². The van der Waals surface area contributed by atoms with Gasteiger partial charge < -0.3 is 15.8 Å². The number of nitrogens with zero attached hydrogens (tertiary/aromatic N) is 1. The van der Waals surface area contributed by atoms with Crippen molar-refractivity contribution in [3.8, 4) is 0 Å². The standard InChI is InChI=1S/C16H20N4O2/c1-12-14(15(17)20-19-12)9-5-6-10-18-16(21)22-11-13-7-3-2-4-8-13/h2-5,7-9H,6,10-11H2,1H3,(H,18,21)(H3,17,19,20). The third-order valence-electron chi connectivity index (χ3n) is 3.10. The number of nitrogens with one attached hydrogen (secondary N) is 2. The Bertz CT molecular complexity index is 615. The molecule has 0 saturated heterocycles. The zero-order valence-electron chi connectivity index (χ0n) is 12.5. The third-order valence-corrected chi connectivity index (χ3v) is 3.10. The van der Waals surface area contributed by atoms with Gasteiger partial charge in [0, 0.05) is 17.8 Å². The highest BCUT2D eigenvalue weighted by molar-refractivity contribution is 5.67. The van der Waals surface area contributed by atoms with Crippen LogP contribution in [-0.2, 0) is 11.3 Å². The van der Waals surface area contributed by atoms with E-state index in [0.29, 0.717) is 18.8 Å². The summed E-state index contributed by atoms with van der Waals surface area (Å²) in [6.07, 6.45) is 4.10. The van der Waals surface area contributed by atoms with Gasteiger partial charge in [-0.05, 0) is 18.9 Å². The maximum Gasteiger partial charge on any atom is 0.407 e. The summed E-state index contributed by atoms with van der Waals surface area (Å²) < 4.78 is 5.11. The quantitative estimate of drug-likeness (QED) is 0.715. The number of anilines is 1. The molecule has 0 aliphatic rings. The van der Waals surface area contributed by atoms with Crippen LogP contribution < -0.4 is 11.1 Å². The van der Waals surface area contributed by atoms with Crippen molar-refractivity contribution in [2.45, 2.75) is 20.0 Å². The van der Waals surface area contributed by atoms with Crippen LogP contribution in [0.5, 0.6) is 0 Å². The number of H-pyrrole nitrogens is 1. The highest BCUT2D eigenvalue weighted by Crippen LogP contribution is 2.14. The summed E-state index contributed by atoms with van der Waals surface area (Å²) in [5.41, 5.74) is 8.48. The van der Waals surface area contributed by atoms with Gasteiger partial charge in [0.15, 0.2) is 5.82 Å². The van der Waals surface area contributed by atoms with E-state index in [4.69, 9.17) is 10.5 Å². The first-order valence-corrected chi connectivity index (χ1v) is 7.08. The van der Waals surface area contributed by atoms with Crippen molar-refractivity contribution in [3.05, 3.63) is 53.2 Å². The van der Waals surface area contributed by atoms with E-state index >= 15 is 0 Å². The van der Waals surface area contributed by atoms with Crippen molar-refractivity contribution >= 4 is 18.0 Å². The smallest absolute Gasteiger partial charge is 0.407 e. The van der Waals surface area contributed by atoms with Crippen molar-refractivity contribution < 1.29 is 9.53 Å². The average Bonchev–Trinajstić information content (AvgIpc) is 2.85. The lowest BCUT2D eigenvalue weighted by Crippen LogP contribution is -2.24. The zero-order chi connectivity index (χ0) is 15.8. The van der Waals surface area contributed by atoms with Crippen molar-refractivity contribution in [2.75, 3.05) is 12.3 Å². The van der Waals surface area contributed by atoms with Crippen molar-refractivity contribution in [1.29, 1.82) is 0 Å². The molecule has 0 unspecified atom stereocenters. The monoisotopic (exact) mass is 300 g/mol. The number of rotatable bonds is 6. The van der Waals surface area contributed by atoms with Crippen LogP contribution in [0.15, 0.2) is 36.4 Å².